The highest BCUT2D eigenvalue weighted by Crippen LogP contribution is 2.33. The molecule has 1 aliphatic rings. The van der Waals surface area contributed by atoms with Crippen molar-refractivity contribution in [3.8, 4) is 0 Å². The Morgan fingerprint density at radius 3 is 2.65 bits per heavy atom. The van der Waals surface area contributed by atoms with Gasteiger partial charge < -0.3 is 11.1 Å². The van der Waals surface area contributed by atoms with Crippen LogP contribution in [0.2, 0.25) is 0 Å². The van der Waals surface area contributed by atoms with Gasteiger partial charge in [-0.25, -0.2) is 9.78 Å². The fourth-order valence-corrected chi connectivity index (χ4v) is 4.68. The molecule has 9 nitrogen and oxygen atoms in total. The molecule has 2 aromatic heterocycles. The first-order valence-corrected chi connectivity index (χ1v) is 11.8. The van der Waals surface area contributed by atoms with Crippen molar-refractivity contribution in [3.63, 3.8) is 0 Å². The maximum absolute atomic E-state index is 13.5. The van der Waals surface area contributed by atoms with E-state index in [0.29, 0.717) is 18.1 Å². The Morgan fingerprint density at radius 2 is 2.00 bits per heavy atom. The number of rotatable bonds is 7. The molecule has 34 heavy (non-hydrogen) atoms. The molecular formula is C24H26N6O3S. The van der Waals surface area contributed by atoms with E-state index in [4.69, 9.17) is 5.73 Å². The fourth-order valence-electron chi connectivity index (χ4n) is 4.15. The van der Waals surface area contributed by atoms with Crippen molar-refractivity contribution in [2.75, 3.05) is 17.7 Å². The van der Waals surface area contributed by atoms with E-state index in [1.165, 1.54) is 16.4 Å². The van der Waals surface area contributed by atoms with Gasteiger partial charge in [-0.1, -0.05) is 37.3 Å². The monoisotopic (exact) mass is 478 g/mol. The van der Waals surface area contributed by atoms with Crippen LogP contribution >= 0.6 is 11.5 Å². The summed E-state index contributed by atoms with van der Waals surface area (Å²) in [6.07, 6.45) is 2.46. The number of nitrogens with zero attached hydrogens (tertiary/aromatic N) is 4. The first-order valence-electron chi connectivity index (χ1n) is 11.0. The Hall–Kier alpha value is -3.79. The molecule has 3 atom stereocenters. The molecule has 3 N–H and O–H groups in total. The summed E-state index contributed by atoms with van der Waals surface area (Å²) in [6, 6.07) is 12.8. The molecule has 4 amide bonds. The standard InChI is InChI=1S/C24H26N6O3S/c1-3-18(16-7-5-4-6-8-16)27-24(33)30-21(23(32)29(2)20-10-12-34-28-20)17(22(30)31)13-15-9-11-26-19(25)14-15/h4-12,14,17-18,21H,3,13H2,1-2H3,(H2,25,26)(H,27,33)/t17-,18-,21+/m1/s1. The number of benzene rings is 1. The van der Waals surface area contributed by atoms with E-state index in [0.717, 1.165) is 16.0 Å². The average Bonchev–Trinajstić information content (AvgIpc) is 3.39. The Balaban J connectivity index is 1.58. The van der Waals surface area contributed by atoms with Gasteiger partial charge >= 0.3 is 6.03 Å². The normalized spacial score (nSPS) is 18.2. The number of aromatic nitrogens is 2. The Morgan fingerprint density at radius 1 is 1.24 bits per heavy atom. The van der Waals surface area contributed by atoms with Crippen LogP contribution in [0.4, 0.5) is 16.4 Å². The van der Waals surface area contributed by atoms with Gasteiger partial charge in [0.1, 0.15) is 17.7 Å². The molecule has 0 bridgehead atoms. The minimum absolute atomic E-state index is 0.270. The summed E-state index contributed by atoms with van der Waals surface area (Å²) in [7, 11) is 1.59. The van der Waals surface area contributed by atoms with Crippen LogP contribution in [-0.2, 0) is 16.0 Å². The molecule has 1 fully saturated rings. The number of nitrogens with two attached hydrogens (primary N) is 1. The Kier molecular flexibility index (Phi) is 6.87. The van der Waals surface area contributed by atoms with Gasteiger partial charge in [0.05, 0.1) is 12.0 Å². The summed E-state index contributed by atoms with van der Waals surface area (Å²) >= 11 is 1.22. The van der Waals surface area contributed by atoms with E-state index in [2.05, 4.69) is 14.7 Å². The Labute approximate surface area is 201 Å². The highest BCUT2D eigenvalue weighted by Gasteiger charge is 2.55. The van der Waals surface area contributed by atoms with Crippen molar-refractivity contribution in [1.82, 2.24) is 19.6 Å². The number of hydrogen-bond donors (Lipinski definition) is 2. The predicted octanol–water partition coefficient (Wildman–Crippen LogP) is 3.01. The summed E-state index contributed by atoms with van der Waals surface area (Å²) in [4.78, 5) is 46.2. The summed E-state index contributed by atoms with van der Waals surface area (Å²) in [6.45, 7) is 1.95. The van der Waals surface area contributed by atoms with Crippen LogP contribution in [-0.4, -0.2) is 45.2 Å². The van der Waals surface area contributed by atoms with Crippen molar-refractivity contribution >= 4 is 41.0 Å². The molecule has 10 heteroatoms. The van der Waals surface area contributed by atoms with Crippen LogP contribution in [0.5, 0.6) is 0 Å². The van der Waals surface area contributed by atoms with Crippen LogP contribution in [0.3, 0.4) is 0 Å². The number of likely N-dealkylation sites (N-methyl/N-ethyl adjacent to an activating group) is 1. The number of pyridine rings is 1. The van der Waals surface area contributed by atoms with E-state index < -0.39 is 23.9 Å². The van der Waals surface area contributed by atoms with E-state index in [1.54, 1.807) is 36.8 Å². The molecule has 1 saturated heterocycles. The molecule has 0 unspecified atom stereocenters. The topological polar surface area (TPSA) is 122 Å². The molecule has 1 aliphatic heterocycles. The summed E-state index contributed by atoms with van der Waals surface area (Å²) in [5.41, 5.74) is 7.49. The SMILES string of the molecule is CC[C@@H](NC(=O)N1C(=O)[C@H](Cc2ccnc(N)c2)[C@H]1C(=O)N(C)c1ccsn1)c1ccccc1. The summed E-state index contributed by atoms with van der Waals surface area (Å²) < 4.78 is 4.21. The molecule has 3 aromatic rings. The first-order chi connectivity index (χ1) is 16.4. The zero-order chi connectivity index (χ0) is 24.2. The lowest BCUT2D eigenvalue weighted by atomic mass is 9.81. The van der Waals surface area contributed by atoms with Gasteiger partial charge in [0.15, 0.2) is 0 Å². The second kappa shape index (κ2) is 10.0. The number of nitrogens with one attached hydrogen (secondary N) is 1. The van der Waals surface area contributed by atoms with Crippen molar-refractivity contribution in [3.05, 3.63) is 71.2 Å². The minimum Gasteiger partial charge on any atom is -0.384 e. The second-order valence-electron chi connectivity index (χ2n) is 8.13. The molecule has 3 heterocycles. The van der Waals surface area contributed by atoms with Crippen molar-refractivity contribution in [1.29, 1.82) is 0 Å². The molecule has 176 valence electrons. The zero-order valence-electron chi connectivity index (χ0n) is 18.9. The molecular weight excluding hydrogens is 452 g/mol. The third-order valence-corrected chi connectivity index (χ3v) is 6.54. The van der Waals surface area contributed by atoms with Crippen molar-refractivity contribution < 1.29 is 14.4 Å². The van der Waals surface area contributed by atoms with E-state index in [9.17, 15) is 14.4 Å². The lowest BCUT2D eigenvalue weighted by molar-refractivity contribution is -0.156. The predicted molar refractivity (Wildman–Crippen MR) is 130 cm³/mol. The average molecular weight is 479 g/mol. The number of anilines is 2. The fraction of sp³-hybridized carbons (Fsp3) is 0.292. The van der Waals surface area contributed by atoms with E-state index >= 15 is 0 Å². The number of β-lactam (4-membered cyclic amide) rings is 1. The van der Waals surface area contributed by atoms with E-state index in [-0.39, 0.29) is 18.4 Å². The molecule has 0 aliphatic carbocycles. The summed E-state index contributed by atoms with van der Waals surface area (Å²) in [5, 5.41) is 4.68. The number of likely N-dealkylation sites (tertiary alicyclic amines) is 1. The third kappa shape index (κ3) is 4.62. The molecule has 0 saturated carbocycles. The van der Waals surface area contributed by atoms with Crippen LogP contribution in [0.15, 0.2) is 60.1 Å². The van der Waals surface area contributed by atoms with Crippen LogP contribution in [0, 0.1) is 5.92 Å². The van der Waals surface area contributed by atoms with Crippen LogP contribution in [0.1, 0.15) is 30.5 Å². The number of amides is 4. The van der Waals surface area contributed by atoms with Gasteiger partial charge in [0.2, 0.25) is 5.91 Å². The number of carbonyl (C=O) groups is 3. The minimum atomic E-state index is -0.957. The smallest absolute Gasteiger partial charge is 0.325 e. The zero-order valence-corrected chi connectivity index (χ0v) is 19.7. The van der Waals surface area contributed by atoms with Gasteiger partial charge in [-0.2, -0.15) is 4.37 Å². The highest BCUT2D eigenvalue weighted by molar-refractivity contribution is 7.03. The van der Waals surface area contributed by atoms with Gasteiger partial charge in [0, 0.05) is 18.6 Å². The number of urea groups is 1. The second-order valence-corrected chi connectivity index (χ2v) is 8.79. The Bertz CT molecular complexity index is 1170. The molecule has 0 spiro atoms. The van der Waals surface area contributed by atoms with Crippen LogP contribution in [0.25, 0.3) is 0 Å². The van der Waals surface area contributed by atoms with Gasteiger partial charge in [-0.05, 0) is 53.7 Å². The third-order valence-electron chi connectivity index (χ3n) is 5.99. The van der Waals surface area contributed by atoms with Gasteiger partial charge in [-0.3, -0.25) is 19.4 Å². The number of carbonyl (C=O) groups excluding carboxylic acids is 3. The molecule has 1 aromatic carbocycles. The van der Waals surface area contributed by atoms with E-state index in [1.807, 2.05) is 37.3 Å². The quantitative estimate of drug-likeness (QED) is 0.504. The summed E-state index contributed by atoms with van der Waals surface area (Å²) in [5.74, 6) is -0.675. The van der Waals surface area contributed by atoms with Crippen LogP contribution < -0.4 is 16.0 Å². The lowest BCUT2D eigenvalue weighted by Crippen LogP contribution is -2.70. The van der Waals surface area contributed by atoms with Gasteiger partial charge in [-0.15, -0.1) is 0 Å². The molecule has 4 rings (SSSR count). The van der Waals surface area contributed by atoms with Crippen molar-refractivity contribution in [2.45, 2.75) is 31.8 Å². The maximum atomic E-state index is 13.5. The lowest BCUT2D eigenvalue weighted by Gasteiger charge is -2.45. The number of imide groups is 1. The molecule has 0 radical (unpaired) electrons. The largest absolute Gasteiger partial charge is 0.384 e. The maximum Gasteiger partial charge on any atom is 0.325 e. The number of hydrogen-bond acceptors (Lipinski definition) is 7. The van der Waals surface area contributed by atoms with Gasteiger partial charge in [0.25, 0.3) is 5.91 Å². The number of nitrogen functional groups attached to an aromatic ring is 1. The first kappa shape index (κ1) is 23.4. The van der Waals surface area contributed by atoms with Crippen molar-refractivity contribution in [2.24, 2.45) is 5.92 Å². The highest BCUT2D eigenvalue weighted by atomic mass is 32.1.